The molecule has 76 valence electrons. The molecular weight excluding hydrogens is 247 g/mol. The zero-order valence-electron chi connectivity index (χ0n) is 6.96. The molecule has 0 radical (unpaired) electrons. The molecule has 0 saturated carbocycles. The Kier molecular flexibility index (Phi) is 2.49. The zero-order chi connectivity index (χ0) is 10.3. The van der Waals surface area contributed by atoms with Crippen LogP contribution < -0.4 is 0 Å². The van der Waals surface area contributed by atoms with Crippen LogP contribution in [0.1, 0.15) is 5.56 Å². The number of hydrogen-bond acceptors (Lipinski definition) is 3. The van der Waals surface area contributed by atoms with E-state index in [2.05, 4.69) is 0 Å². The average Bonchev–Trinajstić information content (AvgIpc) is 2.50. The molecular formula is C8H6ClFO2S2. The summed E-state index contributed by atoms with van der Waals surface area (Å²) in [5, 5.41) is 0. The highest BCUT2D eigenvalue weighted by atomic mass is 35.7. The Bertz CT molecular complexity index is 484. The van der Waals surface area contributed by atoms with Crippen molar-refractivity contribution < 1.29 is 12.8 Å². The first kappa shape index (κ1) is 10.3. The first-order valence-electron chi connectivity index (χ1n) is 3.89. The van der Waals surface area contributed by atoms with E-state index in [1.165, 1.54) is 17.8 Å². The summed E-state index contributed by atoms with van der Waals surface area (Å²) in [6, 6.07) is 2.82. The lowest BCUT2D eigenvalue weighted by Gasteiger charge is -2.03. The van der Waals surface area contributed by atoms with Crippen molar-refractivity contribution in [2.75, 3.05) is 5.75 Å². The number of fused-ring (bicyclic) bond motifs is 1. The lowest BCUT2D eigenvalue weighted by molar-refractivity contribution is 0.563. The number of rotatable bonds is 1. The van der Waals surface area contributed by atoms with E-state index in [1.54, 1.807) is 6.07 Å². The smallest absolute Gasteiger partial charge is 0.207 e. The molecule has 1 aromatic carbocycles. The third-order valence-corrected chi connectivity index (χ3v) is 4.48. The minimum atomic E-state index is -3.97. The van der Waals surface area contributed by atoms with E-state index in [0.29, 0.717) is 12.0 Å². The van der Waals surface area contributed by atoms with Crippen molar-refractivity contribution in [2.24, 2.45) is 0 Å². The Hall–Kier alpha value is -0.260. The Morgan fingerprint density at radius 3 is 2.79 bits per heavy atom. The Morgan fingerprint density at radius 2 is 2.14 bits per heavy atom. The maximum Gasteiger partial charge on any atom is 0.264 e. The van der Waals surface area contributed by atoms with Crippen molar-refractivity contribution in [3.63, 3.8) is 0 Å². The summed E-state index contributed by atoms with van der Waals surface area (Å²) in [6.45, 7) is 0. The maximum absolute atomic E-state index is 13.6. The van der Waals surface area contributed by atoms with Gasteiger partial charge in [-0.2, -0.15) is 0 Å². The molecule has 0 bridgehead atoms. The van der Waals surface area contributed by atoms with Crippen molar-refractivity contribution in [3.8, 4) is 0 Å². The van der Waals surface area contributed by atoms with Crippen LogP contribution in [0.2, 0.25) is 0 Å². The fourth-order valence-electron chi connectivity index (χ4n) is 1.40. The second-order valence-corrected chi connectivity index (χ2v) is 6.56. The number of benzene rings is 1. The van der Waals surface area contributed by atoms with Crippen LogP contribution >= 0.6 is 22.4 Å². The van der Waals surface area contributed by atoms with Crippen LogP contribution in [0.5, 0.6) is 0 Å². The normalized spacial score (nSPS) is 15.6. The second kappa shape index (κ2) is 3.40. The molecule has 0 unspecified atom stereocenters. The van der Waals surface area contributed by atoms with Gasteiger partial charge in [0.1, 0.15) is 10.7 Å². The molecule has 6 heteroatoms. The molecule has 14 heavy (non-hydrogen) atoms. The molecule has 0 aromatic heterocycles. The maximum atomic E-state index is 13.6. The van der Waals surface area contributed by atoms with Crippen LogP contribution in [0.25, 0.3) is 0 Å². The minimum Gasteiger partial charge on any atom is -0.207 e. The van der Waals surface area contributed by atoms with Crippen LogP contribution in [-0.2, 0) is 15.5 Å². The third kappa shape index (κ3) is 1.64. The predicted octanol–water partition coefficient (Wildman–Crippen LogP) is 2.40. The molecule has 1 aliphatic heterocycles. The molecule has 0 spiro atoms. The molecule has 1 aliphatic rings. The summed E-state index contributed by atoms with van der Waals surface area (Å²) in [6.07, 6.45) is 0.562. The Balaban J connectivity index is 2.68. The van der Waals surface area contributed by atoms with Crippen LogP contribution in [-0.4, -0.2) is 14.2 Å². The fraction of sp³-hybridized carbons (Fsp3) is 0.250. The van der Waals surface area contributed by atoms with Gasteiger partial charge in [-0.3, -0.25) is 0 Å². The molecule has 0 amide bonds. The number of hydrogen-bond donors (Lipinski definition) is 0. The van der Waals surface area contributed by atoms with Gasteiger partial charge in [-0.1, -0.05) is 0 Å². The predicted molar refractivity (Wildman–Crippen MR) is 53.9 cm³/mol. The highest BCUT2D eigenvalue weighted by Crippen LogP contribution is 2.35. The lowest BCUT2D eigenvalue weighted by atomic mass is 10.2. The van der Waals surface area contributed by atoms with Crippen molar-refractivity contribution in [1.29, 1.82) is 0 Å². The summed E-state index contributed by atoms with van der Waals surface area (Å²) in [4.78, 5) is 0.395. The SMILES string of the molecule is O=S(=O)(Cl)c1ccc2c(c1F)CCS2. The quantitative estimate of drug-likeness (QED) is 0.720. The number of thioether (sulfide) groups is 1. The van der Waals surface area contributed by atoms with E-state index in [1.807, 2.05) is 0 Å². The largest absolute Gasteiger partial charge is 0.264 e. The number of halogens is 2. The van der Waals surface area contributed by atoms with Crippen LogP contribution in [0, 0.1) is 5.82 Å². The highest BCUT2D eigenvalue weighted by Gasteiger charge is 2.23. The Morgan fingerprint density at radius 1 is 1.43 bits per heavy atom. The van der Waals surface area contributed by atoms with Gasteiger partial charge in [0.25, 0.3) is 9.05 Å². The van der Waals surface area contributed by atoms with E-state index < -0.39 is 19.8 Å². The van der Waals surface area contributed by atoms with Crippen molar-refractivity contribution in [2.45, 2.75) is 16.2 Å². The van der Waals surface area contributed by atoms with Gasteiger partial charge in [0.15, 0.2) is 0 Å². The third-order valence-electron chi connectivity index (χ3n) is 2.04. The van der Waals surface area contributed by atoms with Gasteiger partial charge in [0.05, 0.1) is 0 Å². The van der Waals surface area contributed by atoms with Gasteiger partial charge in [-0.25, -0.2) is 12.8 Å². The summed E-state index contributed by atoms with van der Waals surface area (Å²) in [7, 11) is 1.12. The topological polar surface area (TPSA) is 34.1 Å². The Labute approximate surface area is 89.9 Å². The van der Waals surface area contributed by atoms with Crippen molar-refractivity contribution in [1.82, 2.24) is 0 Å². The molecule has 0 saturated heterocycles. The van der Waals surface area contributed by atoms with Gasteiger partial charge in [0, 0.05) is 26.9 Å². The summed E-state index contributed by atoms with van der Waals surface area (Å²) < 4.78 is 35.5. The first-order valence-corrected chi connectivity index (χ1v) is 7.18. The van der Waals surface area contributed by atoms with Crippen LogP contribution in [0.3, 0.4) is 0 Å². The highest BCUT2D eigenvalue weighted by molar-refractivity contribution is 8.13. The monoisotopic (exact) mass is 252 g/mol. The summed E-state index contributed by atoms with van der Waals surface area (Å²) in [5.41, 5.74) is 0.469. The molecule has 2 nitrogen and oxygen atoms in total. The molecule has 0 N–H and O–H groups in total. The van der Waals surface area contributed by atoms with Gasteiger partial charge < -0.3 is 0 Å². The second-order valence-electron chi connectivity index (χ2n) is 2.89. The molecule has 1 heterocycles. The van der Waals surface area contributed by atoms with Gasteiger partial charge >= 0.3 is 0 Å². The van der Waals surface area contributed by atoms with E-state index in [-0.39, 0.29) is 0 Å². The summed E-state index contributed by atoms with van der Waals surface area (Å²) in [5.74, 6) is 0.0976. The first-order chi connectivity index (χ1) is 6.50. The van der Waals surface area contributed by atoms with Crippen molar-refractivity contribution >= 4 is 31.5 Å². The molecule has 0 aliphatic carbocycles. The summed E-state index contributed by atoms with van der Waals surface area (Å²) >= 11 is 1.52. The standard InChI is InChI=1S/C8H6ClFO2S2/c9-14(11,12)7-2-1-6-5(8(7)10)3-4-13-6/h1-2H,3-4H2. The fourth-order valence-corrected chi connectivity index (χ4v) is 3.38. The van der Waals surface area contributed by atoms with E-state index >= 15 is 0 Å². The van der Waals surface area contributed by atoms with Crippen LogP contribution in [0.15, 0.2) is 21.9 Å². The van der Waals surface area contributed by atoms with E-state index in [9.17, 15) is 12.8 Å². The van der Waals surface area contributed by atoms with Gasteiger partial charge in [-0.05, 0) is 18.6 Å². The van der Waals surface area contributed by atoms with Crippen LogP contribution in [0.4, 0.5) is 4.39 Å². The molecule has 2 rings (SSSR count). The minimum absolute atomic E-state index is 0.416. The van der Waals surface area contributed by atoms with E-state index in [4.69, 9.17) is 10.7 Å². The lowest BCUT2D eigenvalue weighted by Crippen LogP contribution is -1.99. The van der Waals surface area contributed by atoms with Gasteiger partial charge in [-0.15, -0.1) is 11.8 Å². The van der Waals surface area contributed by atoms with E-state index in [0.717, 1.165) is 10.6 Å². The van der Waals surface area contributed by atoms with Crippen molar-refractivity contribution in [3.05, 3.63) is 23.5 Å². The molecule has 0 atom stereocenters. The van der Waals surface area contributed by atoms with Gasteiger partial charge in [0.2, 0.25) is 0 Å². The molecule has 1 aromatic rings. The molecule has 0 fully saturated rings. The average molecular weight is 253 g/mol. The zero-order valence-corrected chi connectivity index (χ0v) is 9.35.